The van der Waals surface area contributed by atoms with E-state index in [2.05, 4.69) is 19.2 Å². The van der Waals surface area contributed by atoms with Crippen molar-refractivity contribution >= 4 is 0 Å². The number of hydrogen-bond acceptors (Lipinski definition) is 2. The zero-order chi connectivity index (χ0) is 11.9. The number of nitrogens with two attached hydrogens (primary N) is 1. The molecule has 0 radical (unpaired) electrons. The van der Waals surface area contributed by atoms with Crippen LogP contribution in [0.2, 0.25) is 0 Å². The van der Waals surface area contributed by atoms with Gasteiger partial charge in [-0.2, -0.15) is 0 Å². The van der Waals surface area contributed by atoms with Gasteiger partial charge in [0.25, 0.3) is 0 Å². The Bertz CT molecular complexity index is 174. The largest absolute Gasteiger partial charge is 0.330 e. The predicted molar refractivity (Wildman–Crippen MR) is 71.6 cm³/mol. The molecule has 1 rings (SSSR count). The third kappa shape index (κ3) is 5.31. The maximum atomic E-state index is 5.56. The molecular formula is C14H30N2. The predicted octanol–water partition coefficient (Wildman–Crippen LogP) is 3.06. The van der Waals surface area contributed by atoms with Crippen molar-refractivity contribution in [3.05, 3.63) is 0 Å². The highest BCUT2D eigenvalue weighted by Crippen LogP contribution is 2.27. The molecule has 1 unspecified atom stereocenters. The average molecular weight is 226 g/mol. The molecule has 1 aliphatic rings. The fraction of sp³-hybridized carbons (Fsp3) is 1.00. The van der Waals surface area contributed by atoms with E-state index in [-0.39, 0.29) is 0 Å². The van der Waals surface area contributed by atoms with E-state index >= 15 is 0 Å². The van der Waals surface area contributed by atoms with E-state index < -0.39 is 0 Å². The molecule has 0 spiro atoms. The topological polar surface area (TPSA) is 38.0 Å². The van der Waals surface area contributed by atoms with E-state index in [1.54, 1.807) is 0 Å². The first kappa shape index (κ1) is 14.0. The van der Waals surface area contributed by atoms with Crippen LogP contribution < -0.4 is 11.1 Å². The smallest absolute Gasteiger partial charge is 0.0153 e. The summed E-state index contributed by atoms with van der Waals surface area (Å²) in [4.78, 5) is 0. The minimum atomic E-state index is 0.440. The summed E-state index contributed by atoms with van der Waals surface area (Å²) in [6.07, 6.45) is 10.8. The first-order valence-corrected chi connectivity index (χ1v) is 7.11. The fourth-order valence-electron chi connectivity index (χ4n) is 2.78. The minimum absolute atomic E-state index is 0.440. The van der Waals surface area contributed by atoms with E-state index in [9.17, 15) is 0 Å². The van der Waals surface area contributed by atoms with E-state index in [4.69, 9.17) is 5.73 Å². The standard InChI is InChI=1S/C14H30N2/c1-13(8-11-15)7-6-12-16-14(2)9-4-3-5-10-14/h13,16H,3-12,15H2,1-2H3. The zero-order valence-electron chi connectivity index (χ0n) is 11.2. The fourth-order valence-corrected chi connectivity index (χ4v) is 2.78. The summed E-state index contributed by atoms with van der Waals surface area (Å²) < 4.78 is 0. The van der Waals surface area contributed by atoms with Crippen molar-refractivity contribution in [1.29, 1.82) is 0 Å². The highest BCUT2D eigenvalue weighted by Gasteiger charge is 2.25. The van der Waals surface area contributed by atoms with Gasteiger partial charge in [-0.25, -0.2) is 0 Å². The summed E-state index contributed by atoms with van der Waals surface area (Å²) in [5, 5.41) is 3.76. The molecule has 3 N–H and O–H groups in total. The molecule has 0 amide bonds. The van der Waals surface area contributed by atoms with Crippen LogP contribution in [0, 0.1) is 5.92 Å². The first-order chi connectivity index (χ1) is 7.66. The van der Waals surface area contributed by atoms with Crippen molar-refractivity contribution in [1.82, 2.24) is 5.32 Å². The van der Waals surface area contributed by atoms with Gasteiger partial charge in [0.2, 0.25) is 0 Å². The van der Waals surface area contributed by atoms with Crippen LogP contribution in [0.5, 0.6) is 0 Å². The van der Waals surface area contributed by atoms with Crippen LogP contribution in [0.25, 0.3) is 0 Å². The lowest BCUT2D eigenvalue weighted by Crippen LogP contribution is -2.44. The van der Waals surface area contributed by atoms with Crippen LogP contribution in [0.15, 0.2) is 0 Å². The Balaban J connectivity index is 2.05. The maximum absolute atomic E-state index is 5.56. The van der Waals surface area contributed by atoms with E-state index in [0.717, 1.165) is 12.5 Å². The summed E-state index contributed by atoms with van der Waals surface area (Å²) in [6.45, 7) is 6.74. The summed E-state index contributed by atoms with van der Waals surface area (Å²) in [5.74, 6) is 0.797. The van der Waals surface area contributed by atoms with Gasteiger partial charge in [0.1, 0.15) is 0 Å². The van der Waals surface area contributed by atoms with Gasteiger partial charge in [-0.05, 0) is 58.0 Å². The number of nitrogens with one attached hydrogen (secondary N) is 1. The normalized spacial score (nSPS) is 21.9. The molecule has 0 heterocycles. The maximum Gasteiger partial charge on any atom is 0.0153 e. The van der Waals surface area contributed by atoms with Crippen molar-refractivity contribution < 1.29 is 0 Å². The molecule has 1 saturated carbocycles. The molecule has 0 aromatic heterocycles. The van der Waals surface area contributed by atoms with Gasteiger partial charge in [0.15, 0.2) is 0 Å². The van der Waals surface area contributed by atoms with E-state index in [0.29, 0.717) is 5.54 Å². The van der Waals surface area contributed by atoms with Gasteiger partial charge in [-0.3, -0.25) is 0 Å². The Morgan fingerprint density at radius 3 is 2.50 bits per heavy atom. The van der Waals surface area contributed by atoms with Crippen molar-refractivity contribution in [3.8, 4) is 0 Å². The van der Waals surface area contributed by atoms with Gasteiger partial charge in [-0.15, -0.1) is 0 Å². The highest BCUT2D eigenvalue weighted by molar-refractivity contribution is 4.85. The van der Waals surface area contributed by atoms with Crippen molar-refractivity contribution in [2.24, 2.45) is 11.7 Å². The Kier molecular flexibility index (Phi) is 6.37. The van der Waals surface area contributed by atoms with Crippen molar-refractivity contribution in [2.45, 2.75) is 70.8 Å². The minimum Gasteiger partial charge on any atom is -0.330 e. The number of hydrogen-bond donors (Lipinski definition) is 2. The van der Waals surface area contributed by atoms with Gasteiger partial charge in [-0.1, -0.05) is 26.2 Å². The molecule has 0 bridgehead atoms. The van der Waals surface area contributed by atoms with Gasteiger partial charge in [0, 0.05) is 5.54 Å². The molecule has 1 aliphatic carbocycles. The summed E-state index contributed by atoms with van der Waals surface area (Å²) >= 11 is 0. The molecular weight excluding hydrogens is 196 g/mol. The number of rotatable bonds is 7. The molecule has 0 aliphatic heterocycles. The van der Waals surface area contributed by atoms with Crippen LogP contribution in [-0.4, -0.2) is 18.6 Å². The molecule has 2 nitrogen and oxygen atoms in total. The van der Waals surface area contributed by atoms with E-state index in [1.807, 2.05) is 0 Å². The Morgan fingerprint density at radius 2 is 1.88 bits per heavy atom. The lowest BCUT2D eigenvalue weighted by molar-refractivity contribution is 0.251. The van der Waals surface area contributed by atoms with Gasteiger partial charge >= 0.3 is 0 Å². The van der Waals surface area contributed by atoms with Gasteiger partial charge in [0.05, 0.1) is 0 Å². The molecule has 1 atom stereocenters. The summed E-state index contributed by atoms with van der Waals surface area (Å²) in [6, 6.07) is 0. The highest BCUT2D eigenvalue weighted by atomic mass is 15.0. The molecule has 2 heteroatoms. The monoisotopic (exact) mass is 226 g/mol. The van der Waals surface area contributed by atoms with Crippen molar-refractivity contribution in [2.75, 3.05) is 13.1 Å². The molecule has 96 valence electrons. The first-order valence-electron chi connectivity index (χ1n) is 7.11. The second-order valence-corrected chi connectivity index (χ2v) is 5.87. The zero-order valence-corrected chi connectivity index (χ0v) is 11.2. The van der Waals surface area contributed by atoms with E-state index in [1.165, 1.54) is 57.9 Å². The molecule has 0 aromatic carbocycles. The lowest BCUT2D eigenvalue weighted by Gasteiger charge is -2.35. The Labute approximate surface area is 101 Å². The quantitative estimate of drug-likeness (QED) is 0.655. The third-order valence-electron chi connectivity index (χ3n) is 4.04. The lowest BCUT2D eigenvalue weighted by atomic mass is 9.83. The Morgan fingerprint density at radius 1 is 1.19 bits per heavy atom. The second-order valence-electron chi connectivity index (χ2n) is 5.87. The van der Waals surface area contributed by atoms with Crippen LogP contribution in [0.3, 0.4) is 0 Å². The van der Waals surface area contributed by atoms with Crippen LogP contribution in [-0.2, 0) is 0 Å². The summed E-state index contributed by atoms with van der Waals surface area (Å²) in [5.41, 5.74) is 6.00. The van der Waals surface area contributed by atoms with Crippen LogP contribution >= 0.6 is 0 Å². The summed E-state index contributed by atoms with van der Waals surface area (Å²) in [7, 11) is 0. The Hall–Kier alpha value is -0.0800. The van der Waals surface area contributed by atoms with Crippen LogP contribution in [0.4, 0.5) is 0 Å². The molecule has 1 fully saturated rings. The van der Waals surface area contributed by atoms with Crippen molar-refractivity contribution in [3.63, 3.8) is 0 Å². The van der Waals surface area contributed by atoms with Gasteiger partial charge < -0.3 is 11.1 Å². The third-order valence-corrected chi connectivity index (χ3v) is 4.04. The molecule has 16 heavy (non-hydrogen) atoms. The second kappa shape index (κ2) is 7.29. The molecule has 0 saturated heterocycles. The molecule has 0 aromatic rings. The SMILES string of the molecule is CC(CCN)CCCNC1(C)CCCCC1. The van der Waals surface area contributed by atoms with Crippen LogP contribution in [0.1, 0.15) is 65.2 Å². The average Bonchev–Trinajstić information content (AvgIpc) is 2.26.